The summed E-state index contributed by atoms with van der Waals surface area (Å²) in [5.41, 5.74) is 0.212. The van der Waals surface area contributed by atoms with Crippen LogP contribution in [0.1, 0.15) is 30.6 Å². The average Bonchev–Trinajstić information content (AvgIpc) is 2.42. The Morgan fingerprint density at radius 3 is 2.52 bits per heavy atom. The number of benzene rings is 1. The molecule has 0 aromatic heterocycles. The molecule has 0 aliphatic rings. The van der Waals surface area contributed by atoms with Crippen LogP contribution in [0.3, 0.4) is 0 Å². The quantitative estimate of drug-likeness (QED) is 0.466. The number of hydrogen-bond donors (Lipinski definition) is 1. The molecule has 0 unspecified atom stereocenters. The topological polar surface area (TPSA) is 66.8 Å². The Bertz CT molecular complexity index is 534. The monoisotopic (exact) mass is 517 g/mol. The van der Waals surface area contributed by atoms with Crippen LogP contribution in [0.15, 0.2) is 12.1 Å². The lowest BCUT2D eigenvalue weighted by molar-refractivity contribution is -0.143. The van der Waals surface area contributed by atoms with Gasteiger partial charge in [0.1, 0.15) is 12.3 Å². The van der Waals surface area contributed by atoms with Gasteiger partial charge >= 0.3 is 5.97 Å². The van der Waals surface area contributed by atoms with Crippen LogP contribution in [-0.4, -0.2) is 41.6 Å². The van der Waals surface area contributed by atoms with E-state index >= 15 is 0 Å². The number of esters is 1. The number of phenolic OH excluding ortho intramolecular Hbond substituents is 1. The summed E-state index contributed by atoms with van der Waals surface area (Å²) >= 11 is 4.06. The van der Waals surface area contributed by atoms with Crippen LogP contribution in [-0.2, 0) is 9.53 Å². The molecule has 0 saturated heterocycles. The van der Waals surface area contributed by atoms with Gasteiger partial charge in [0.25, 0.3) is 5.91 Å². The summed E-state index contributed by atoms with van der Waals surface area (Å²) < 4.78 is 6.34. The maximum absolute atomic E-state index is 12.6. The first-order valence-corrected chi connectivity index (χ1v) is 8.69. The van der Waals surface area contributed by atoms with Crippen molar-refractivity contribution in [1.29, 1.82) is 0 Å². The van der Waals surface area contributed by atoms with Crippen molar-refractivity contribution >= 4 is 57.1 Å². The predicted molar refractivity (Wildman–Crippen MR) is 96.4 cm³/mol. The van der Waals surface area contributed by atoms with Gasteiger partial charge in [-0.05, 0) is 70.7 Å². The number of hydrogen-bond acceptors (Lipinski definition) is 4. The van der Waals surface area contributed by atoms with E-state index in [1.54, 1.807) is 19.1 Å². The summed E-state index contributed by atoms with van der Waals surface area (Å²) in [7, 11) is 0. The molecule has 0 radical (unpaired) electrons. The van der Waals surface area contributed by atoms with Gasteiger partial charge in [0, 0.05) is 10.1 Å². The fourth-order valence-electron chi connectivity index (χ4n) is 1.78. The molecule has 1 rings (SSSR count). The van der Waals surface area contributed by atoms with Crippen molar-refractivity contribution in [2.45, 2.75) is 20.3 Å². The molecule has 0 saturated carbocycles. The minimum Gasteiger partial charge on any atom is -0.506 e. The summed E-state index contributed by atoms with van der Waals surface area (Å²) in [6.45, 7) is 4.24. The van der Waals surface area contributed by atoms with E-state index < -0.39 is 5.97 Å². The molecular formula is C14H17I2NO4. The highest BCUT2D eigenvalue weighted by Gasteiger charge is 2.23. The Morgan fingerprint density at radius 2 is 1.95 bits per heavy atom. The predicted octanol–water partition coefficient (Wildman–Crippen LogP) is 3.02. The fourth-order valence-corrected chi connectivity index (χ4v) is 3.63. The van der Waals surface area contributed by atoms with E-state index in [-0.39, 0.29) is 30.4 Å². The van der Waals surface area contributed by atoms with E-state index in [1.807, 2.05) is 29.5 Å². The van der Waals surface area contributed by atoms with E-state index in [4.69, 9.17) is 4.74 Å². The maximum Gasteiger partial charge on any atom is 0.325 e. The van der Waals surface area contributed by atoms with Gasteiger partial charge in [0.2, 0.25) is 0 Å². The number of ether oxygens (including phenoxy) is 1. The minimum absolute atomic E-state index is 0.0500. The molecular weight excluding hydrogens is 500 g/mol. The van der Waals surface area contributed by atoms with Crippen LogP contribution < -0.4 is 0 Å². The third-order valence-corrected chi connectivity index (χ3v) is 4.11. The van der Waals surface area contributed by atoms with Crippen LogP contribution in [0, 0.1) is 7.14 Å². The molecule has 0 atom stereocenters. The molecule has 21 heavy (non-hydrogen) atoms. The first-order valence-electron chi connectivity index (χ1n) is 6.53. The molecule has 0 spiro atoms. The van der Waals surface area contributed by atoms with Crippen LogP contribution in [0.4, 0.5) is 0 Å². The molecule has 5 nitrogen and oxygen atoms in total. The molecule has 0 bridgehead atoms. The second-order valence-corrected chi connectivity index (χ2v) is 6.72. The van der Waals surface area contributed by atoms with Gasteiger partial charge in [-0.1, -0.05) is 6.92 Å². The van der Waals surface area contributed by atoms with Crippen molar-refractivity contribution in [3.8, 4) is 5.75 Å². The van der Waals surface area contributed by atoms with Gasteiger partial charge in [-0.25, -0.2) is 0 Å². The summed E-state index contributed by atoms with van der Waals surface area (Å²) in [5.74, 6) is -0.857. The summed E-state index contributed by atoms with van der Waals surface area (Å²) in [4.78, 5) is 25.6. The van der Waals surface area contributed by atoms with Crippen molar-refractivity contribution in [3.63, 3.8) is 0 Å². The summed E-state index contributed by atoms with van der Waals surface area (Å²) in [5, 5.41) is 10.1. The van der Waals surface area contributed by atoms with Crippen molar-refractivity contribution in [2.24, 2.45) is 0 Å². The van der Waals surface area contributed by atoms with Crippen LogP contribution in [0.5, 0.6) is 5.75 Å². The molecule has 7 heteroatoms. The molecule has 0 aliphatic heterocycles. The molecule has 116 valence electrons. The number of rotatable bonds is 6. The average molecular weight is 517 g/mol. The smallest absolute Gasteiger partial charge is 0.325 e. The number of carbonyl (C=O) groups is 2. The second kappa shape index (κ2) is 8.76. The number of amides is 1. The Morgan fingerprint density at radius 1 is 1.29 bits per heavy atom. The highest BCUT2D eigenvalue weighted by atomic mass is 127. The number of aromatic hydroxyl groups is 1. The van der Waals surface area contributed by atoms with E-state index in [9.17, 15) is 14.7 Å². The van der Waals surface area contributed by atoms with Crippen LogP contribution in [0.25, 0.3) is 0 Å². The Kier molecular flexibility index (Phi) is 7.71. The number of nitrogens with zero attached hydrogens (tertiary/aromatic N) is 1. The lowest BCUT2D eigenvalue weighted by Gasteiger charge is -2.22. The molecule has 1 amide bonds. The van der Waals surface area contributed by atoms with E-state index in [1.165, 1.54) is 4.90 Å². The summed E-state index contributed by atoms with van der Waals surface area (Å²) in [6, 6.07) is 3.40. The zero-order valence-electron chi connectivity index (χ0n) is 11.9. The van der Waals surface area contributed by atoms with Gasteiger partial charge in [0.15, 0.2) is 0 Å². The van der Waals surface area contributed by atoms with E-state index in [2.05, 4.69) is 22.6 Å². The van der Waals surface area contributed by atoms with Gasteiger partial charge < -0.3 is 14.7 Å². The molecule has 0 heterocycles. The number of phenols is 1. The summed E-state index contributed by atoms with van der Waals surface area (Å²) in [6.07, 6.45) is 0.715. The largest absolute Gasteiger partial charge is 0.506 e. The van der Waals surface area contributed by atoms with Crippen molar-refractivity contribution in [1.82, 2.24) is 4.90 Å². The van der Waals surface area contributed by atoms with E-state index in [0.717, 1.165) is 3.57 Å². The normalized spacial score (nSPS) is 10.3. The Balaban J connectivity index is 3.03. The highest BCUT2D eigenvalue weighted by molar-refractivity contribution is 14.1. The minimum atomic E-state index is -0.445. The standard InChI is InChI=1S/C14H17I2NO4/c1-3-5-17(8-12(18)21-4-2)14(20)10-6-9(15)7-11(16)13(10)19/h6-7,19H,3-5,8H2,1-2H3. The molecule has 0 aliphatic carbocycles. The fraction of sp³-hybridized carbons (Fsp3) is 0.429. The third kappa shape index (κ3) is 5.28. The van der Waals surface area contributed by atoms with Crippen molar-refractivity contribution in [2.75, 3.05) is 19.7 Å². The second-order valence-electron chi connectivity index (χ2n) is 4.32. The molecule has 1 aromatic rings. The van der Waals surface area contributed by atoms with Gasteiger partial charge in [-0.3, -0.25) is 9.59 Å². The van der Waals surface area contributed by atoms with Crippen LogP contribution in [0.2, 0.25) is 0 Å². The lowest BCUT2D eigenvalue weighted by atomic mass is 10.1. The molecule has 1 aromatic carbocycles. The first kappa shape index (κ1) is 18.5. The maximum atomic E-state index is 12.6. The van der Waals surface area contributed by atoms with Gasteiger partial charge in [-0.15, -0.1) is 0 Å². The first-order chi connectivity index (χ1) is 9.90. The highest BCUT2D eigenvalue weighted by Crippen LogP contribution is 2.28. The Labute approximate surface area is 151 Å². The van der Waals surface area contributed by atoms with Gasteiger partial charge in [-0.2, -0.15) is 0 Å². The van der Waals surface area contributed by atoms with Gasteiger partial charge in [0.05, 0.1) is 15.7 Å². The van der Waals surface area contributed by atoms with Crippen molar-refractivity contribution < 1.29 is 19.4 Å². The lowest BCUT2D eigenvalue weighted by Crippen LogP contribution is -2.37. The number of carbonyl (C=O) groups excluding carboxylic acids is 2. The molecule has 1 N–H and O–H groups in total. The van der Waals surface area contributed by atoms with E-state index in [0.29, 0.717) is 16.5 Å². The third-order valence-electron chi connectivity index (χ3n) is 2.66. The molecule has 0 fully saturated rings. The zero-order valence-corrected chi connectivity index (χ0v) is 16.2. The van der Waals surface area contributed by atoms with Crippen molar-refractivity contribution in [3.05, 3.63) is 24.8 Å². The SMILES string of the molecule is CCCN(CC(=O)OCC)C(=O)c1cc(I)cc(I)c1O. The number of halogens is 2. The zero-order chi connectivity index (χ0) is 16.0. The van der Waals surface area contributed by atoms with Crippen LogP contribution >= 0.6 is 45.2 Å². The Hall–Kier alpha value is -0.580.